The van der Waals surface area contributed by atoms with E-state index < -0.39 is 5.54 Å². The van der Waals surface area contributed by atoms with Gasteiger partial charge in [0.1, 0.15) is 0 Å². The Morgan fingerprint density at radius 2 is 2.04 bits per heavy atom. The van der Waals surface area contributed by atoms with E-state index in [1.807, 2.05) is 19.1 Å². The molecule has 0 saturated carbocycles. The summed E-state index contributed by atoms with van der Waals surface area (Å²) < 4.78 is 1.17. The highest BCUT2D eigenvalue weighted by Gasteiger charge is 2.38. The minimum atomic E-state index is -0.498. The molecule has 2 aromatic carbocycles. The van der Waals surface area contributed by atoms with Gasteiger partial charge >= 0.3 is 0 Å². The second-order valence-corrected chi connectivity index (χ2v) is 8.12. The summed E-state index contributed by atoms with van der Waals surface area (Å²) in [5.74, 6) is 0.259. The number of nitrogens with two attached hydrogens (primary N) is 1. The Hall–Kier alpha value is -1.91. The summed E-state index contributed by atoms with van der Waals surface area (Å²) >= 11 is 3.66. The lowest BCUT2D eigenvalue weighted by atomic mass is 9.77. The smallest absolute Gasteiger partial charge is 0.251 e. The van der Waals surface area contributed by atoms with Crippen LogP contribution in [0.5, 0.6) is 0 Å². The second-order valence-electron chi connectivity index (χ2n) is 7.27. The summed E-state index contributed by atoms with van der Waals surface area (Å²) in [4.78, 5) is 14.9. The first kappa shape index (κ1) is 16.6. The number of aryl methyl sites for hydroxylation is 1. The van der Waals surface area contributed by atoms with E-state index in [-0.39, 0.29) is 11.5 Å². The number of pyridine rings is 1. The number of nitrogens with one attached hydrogen (secondary N) is 1. The van der Waals surface area contributed by atoms with Gasteiger partial charge in [0.05, 0.1) is 0 Å². The van der Waals surface area contributed by atoms with Crippen molar-refractivity contribution in [3.63, 3.8) is 0 Å². The van der Waals surface area contributed by atoms with Gasteiger partial charge in [0.25, 0.3) is 5.56 Å². The van der Waals surface area contributed by atoms with Crippen molar-refractivity contribution in [1.29, 1.82) is 0 Å². The van der Waals surface area contributed by atoms with Gasteiger partial charge in [-0.25, -0.2) is 0 Å². The predicted molar refractivity (Wildman–Crippen MR) is 106 cm³/mol. The Labute approximate surface area is 155 Å². The Bertz CT molecular complexity index is 1040. The Kier molecular flexibility index (Phi) is 3.85. The SMILES string of the molecule is Cc1cc2ccc(C(C)(N)C3CCc4c(Br)cccc43)cc2[nH]c1=O. The van der Waals surface area contributed by atoms with Crippen molar-refractivity contribution in [2.75, 3.05) is 0 Å². The van der Waals surface area contributed by atoms with E-state index in [4.69, 9.17) is 5.73 Å². The molecule has 1 aliphatic rings. The van der Waals surface area contributed by atoms with Crippen LogP contribution in [0, 0.1) is 6.92 Å². The van der Waals surface area contributed by atoms with Gasteiger partial charge in [-0.2, -0.15) is 0 Å². The summed E-state index contributed by atoms with van der Waals surface area (Å²) in [6.45, 7) is 3.92. The number of rotatable bonds is 2. The number of aromatic nitrogens is 1. The van der Waals surface area contributed by atoms with Crippen LogP contribution in [-0.4, -0.2) is 4.98 Å². The highest BCUT2D eigenvalue weighted by Crippen LogP contribution is 2.46. The Morgan fingerprint density at radius 3 is 2.84 bits per heavy atom. The number of halogens is 1. The van der Waals surface area contributed by atoms with Crippen LogP contribution in [-0.2, 0) is 12.0 Å². The molecule has 4 heteroatoms. The molecule has 3 nitrogen and oxygen atoms in total. The van der Waals surface area contributed by atoms with Crippen LogP contribution in [0.2, 0.25) is 0 Å². The minimum Gasteiger partial charge on any atom is -0.322 e. The van der Waals surface area contributed by atoms with Gasteiger partial charge in [-0.3, -0.25) is 4.79 Å². The maximum absolute atomic E-state index is 12.0. The Morgan fingerprint density at radius 1 is 1.24 bits per heavy atom. The van der Waals surface area contributed by atoms with Crippen molar-refractivity contribution >= 4 is 26.8 Å². The van der Waals surface area contributed by atoms with Crippen molar-refractivity contribution < 1.29 is 0 Å². The van der Waals surface area contributed by atoms with Crippen LogP contribution in [0.25, 0.3) is 10.9 Å². The zero-order chi connectivity index (χ0) is 17.8. The molecule has 1 aromatic heterocycles. The highest BCUT2D eigenvalue weighted by atomic mass is 79.9. The molecule has 1 aliphatic carbocycles. The zero-order valence-electron chi connectivity index (χ0n) is 14.4. The summed E-state index contributed by atoms with van der Waals surface area (Å²) in [6.07, 6.45) is 2.07. The van der Waals surface area contributed by atoms with Gasteiger partial charge in [-0.05, 0) is 67.0 Å². The lowest BCUT2D eigenvalue weighted by Gasteiger charge is -2.33. The molecule has 2 atom stereocenters. The fraction of sp³-hybridized carbons (Fsp3) is 0.286. The molecule has 0 fully saturated rings. The molecular weight excluding hydrogens is 376 g/mol. The van der Waals surface area contributed by atoms with E-state index >= 15 is 0 Å². The van der Waals surface area contributed by atoms with Gasteiger partial charge in [0.2, 0.25) is 0 Å². The van der Waals surface area contributed by atoms with Crippen molar-refractivity contribution in [3.8, 4) is 0 Å². The normalized spacial score (nSPS) is 19.0. The quantitative estimate of drug-likeness (QED) is 0.669. The molecule has 3 N–H and O–H groups in total. The van der Waals surface area contributed by atoms with E-state index in [2.05, 4.69) is 58.2 Å². The van der Waals surface area contributed by atoms with Gasteiger partial charge in [-0.1, -0.05) is 40.2 Å². The van der Waals surface area contributed by atoms with Crippen molar-refractivity contribution in [2.45, 2.75) is 38.1 Å². The fourth-order valence-electron chi connectivity index (χ4n) is 4.08. The molecule has 0 radical (unpaired) electrons. The standard InChI is InChI=1S/C21H21BrN2O/c1-12-10-13-6-7-14(11-19(13)24-20(12)25)21(2,23)17-9-8-16-15(17)4-3-5-18(16)22/h3-7,10-11,17H,8-9,23H2,1-2H3,(H,24,25). The van der Waals surface area contributed by atoms with E-state index in [9.17, 15) is 4.79 Å². The molecule has 2 unspecified atom stereocenters. The molecule has 0 aliphatic heterocycles. The highest BCUT2D eigenvalue weighted by molar-refractivity contribution is 9.10. The molecule has 128 valence electrons. The summed E-state index contributed by atoms with van der Waals surface area (Å²) in [7, 11) is 0. The largest absolute Gasteiger partial charge is 0.322 e. The molecule has 0 bridgehead atoms. The zero-order valence-corrected chi connectivity index (χ0v) is 16.0. The van der Waals surface area contributed by atoms with Crippen molar-refractivity contribution in [3.05, 3.63) is 79.5 Å². The van der Waals surface area contributed by atoms with Crippen LogP contribution in [0.15, 0.2) is 51.7 Å². The van der Waals surface area contributed by atoms with Crippen molar-refractivity contribution in [2.24, 2.45) is 5.73 Å². The first-order valence-corrected chi connectivity index (χ1v) is 9.37. The molecular formula is C21H21BrN2O. The average molecular weight is 397 g/mol. The fourth-order valence-corrected chi connectivity index (χ4v) is 4.66. The predicted octanol–water partition coefficient (Wildman–Crippen LogP) is 4.50. The molecule has 0 spiro atoms. The van der Waals surface area contributed by atoms with Crippen LogP contribution < -0.4 is 11.3 Å². The molecule has 25 heavy (non-hydrogen) atoms. The topological polar surface area (TPSA) is 58.9 Å². The number of fused-ring (bicyclic) bond motifs is 2. The van der Waals surface area contributed by atoms with E-state index in [0.717, 1.165) is 34.9 Å². The average Bonchev–Trinajstić information content (AvgIpc) is 3.02. The first-order chi connectivity index (χ1) is 11.9. The van der Waals surface area contributed by atoms with Gasteiger partial charge < -0.3 is 10.7 Å². The second kappa shape index (κ2) is 5.82. The number of hydrogen-bond acceptors (Lipinski definition) is 2. The lowest BCUT2D eigenvalue weighted by molar-refractivity contribution is 0.387. The molecule has 3 aromatic rings. The van der Waals surface area contributed by atoms with Gasteiger partial charge in [0.15, 0.2) is 0 Å². The van der Waals surface area contributed by atoms with E-state index in [1.54, 1.807) is 0 Å². The first-order valence-electron chi connectivity index (χ1n) is 8.58. The number of H-pyrrole nitrogens is 1. The lowest BCUT2D eigenvalue weighted by Crippen LogP contribution is -2.39. The third-order valence-corrected chi connectivity index (χ3v) is 6.33. The van der Waals surface area contributed by atoms with Crippen LogP contribution >= 0.6 is 15.9 Å². The number of aromatic amines is 1. The van der Waals surface area contributed by atoms with E-state index in [1.165, 1.54) is 15.6 Å². The molecule has 4 rings (SSSR count). The van der Waals surface area contributed by atoms with Crippen LogP contribution in [0.4, 0.5) is 0 Å². The summed E-state index contributed by atoms with van der Waals surface area (Å²) in [5, 5.41) is 1.03. The molecule has 0 amide bonds. The molecule has 0 saturated heterocycles. The summed E-state index contributed by atoms with van der Waals surface area (Å²) in [5.41, 5.74) is 11.6. The third-order valence-electron chi connectivity index (χ3n) is 5.59. The van der Waals surface area contributed by atoms with E-state index in [0.29, 0.717) is 0 Å². The maximum atomic E-state index is 12.0. The van der Waals surface area contributed by atoms with Gasteiger partial charge in [0, 0.05) is 27.0 Å². The maximum Gasteiger partial charge on any atom is 0.251 e. The van der Waals surface area contributed by atoms with Crippen molar-refractivity contribution in [1.82, 2.24) is 4.98 Å². The number of hydrogen-bond donors (Lipinski definition) is 2. The minimum absolute atomic E-state index is 0.0430. The van der Waals surface area contributed by atoms with Crippen LogP contribution in [0.1, 0.15) is 41.5 Å². The third kappa shape index (κ3) is 2.64. The number of benzene rings is 2. The summed E-state index contributed by atoms with van der Waals surface area (Å²) in [6, 6.07) is 14.5. The monoisotopic (exact) mass is 396 g/mol. The van der Waals surface area contributed by atoms with Gasteiger partial charge in [-0.15, -0.1) is 0 Å². The van der Waals surface area contributed by atoms with Crippen LogP contribution in [0.3, 0.4) is 0 Å². The molecule has 1 heterocycles. The Balaban J connectivity index is 1.81.